The molecule has 0 aromatic heterocycles. The van der Waals surface area contributed by atoms with Crippen molar-refractivity contribution in [2.75, 3.05) is 20.1 Å². The molecule has 1 fully saturated rings. The molecule has 20 heavy (non-hydrogen) atoms. The van der Waals surface area contributed by atoms with Gasteiger partial charge in [0.1, 0.15) is 0 Å². The smallest absolute Gasteiger partial charge is 0.220 e. The molecule has 0 aliphatic carbocycles. The number of rotatable bonds is 6. The monoisotopic (exact) mass is 275 g/mol. The number of benzene rings is 1. The van der Waals surface area contributed by atoms with Gasteiger partial charge in [-0.25, -0.2) is 0 Å². The topological polar surface area (TPSA) is 58.4 Å². The van der Waals surface area contributed by atoms with Gasteiger partial charge in [0, 0.05) is 25.0 Å². The third kappa shape index (κ3) is 4.32. The standard InChI is InChI=1S/C16H25N3O/c1-19-11-5-8-14(19)12-18-16(20)10-9-15(17)13-6-3-2-4-7-13/h2-4,6-7,14-15H,5,8-12,17H2,1H3,(H,18,20). The van der Waals surface area contributed by atoms with Crippen molar-refractivity contribution in [3.05, 3.63) is 35.9 Å². The molecule has 0 saturated carbocycles. The highest BCUT2D eigenvalue weighted by molar-refractivity contribution is 5.75. The van der Waals surface area contributed by atoms with Crippen LogP contribution in [0.2, 0.25) is 0 Å². The van der Waals surface area contributed by atoms with Crippen molar-refractivity contribution in [1.29, 1.82) is 0 Å². The maximum Gasteiger partial charge on any atom is 0.220 e. The lowest BCUT2D eigenvalue weighted by Gasteiger charge is -2.20. The minimum Gasteiger partial charge on any atom is -0.355 e. The average Bonchev–Trinajstić information content (AvgIpc) is 2.89. The minimum absolute atomic E-state index is 0.0592. The normalized spacial score (nSPS) is 20.8. The maximum atomic E-state index is 11.9. The fraction of sp³-hybridized carbons (Fsp3) is 0.562. The van der Waals surface area contributed by atoms with Crippen molar-refractivity contribution in [2.24, 2.45) is 5.73 Å². The first-order valence-corrected chi connectivity index (χ1v) is 7.44. The van der Waals surface area contributed by atoms with Crippen molar-refractivity contribution in [3.63, 3.8) is 0 Å². The van der Waals surface area contributed by atoms with E-state index in [1.165, 1.54) is 12.8 Å². The summed E-state index contributed by atoms with van der Waals surface area (Å²) in [4.78, 5) is 14.2. The van der Waals surface area contributed by atoms with E-state index < -0.39 is 0 Å². The first-order valence-electron chi connectivity index (χ1n) is 7.44. The second-order valence-electron chi connectivity index (χ2n) is 5.64. The number of hydrogen-bond acceptors (Lipinski definition) is 3. The van der Waals surface area contributed by atoms with Crippen molar-refractivity contribution in [1.82, 2.24) is 10.2 Å². The number of carbonyl (C=O) groups is 1. The number of likely N-dealkylation sites (tertiary alicyclic amines) is 1. The molecule has 4 heteroatoms. The summed E-state index contributed by atoms with van der Waals surface area (Å²) in [7, 11) is 2.12. The number of amides is 1. The maximum absolute atomic E-state index is 11.9. The molecule has 1 aromatic carbocycles. The van der Waals surface area contributed by atoms with Gasteiger partial charge in [0.15, 0.2) is 0 Å². The molecule has 1 heterocycles. The van der Waals surface area contributed by atoms with Gasteiger partial charge in [-0.15, -0.1) is 0 Å². The molecule has 1 saturated heterocycles. The quantitative estimate of drug-likeness (QED) is 0.830. The molecule has 2 atom stereocenters. The Kier molecular flexibility index (Phi) is 5.56. The summed E-state index contributed by atoms with van der Waals surface area (Å²) in [6.07, 6.45) is 3.60. The molecule has 0 spiro atoms. The first kappa shape index (κ1) is 15.0. The van der Waals surface area contributed by atoms with Gasteiger partial charge >= 0.3 is 0 Å². The number of nitrogens with zero attached hydrogens (tertiary/aromatic N) is 1. The summed E-state index contributed by atoms with van der Waals surface area (Å²) >= 11 is 0. The van der Waals surface area contributed by atoms with E-state index in [1.54, 1.807) is 0 Å². The van der Waals surface area contributed by atoms with Crippen LogP contribution in [-0.2, 0) is 4.79 Å². The summed E-state index contributed by atoms with van der Waals surface area (Å²) in [5.41, 5.74) is 7.19. The molecule has 1 aliphatic rings. The van der Waals surface area contributed by atoms with E-state index in [9.17, 15) is 4.79 Å². The summed E-state index contributed by atoms with van der Waals surface area (Å²) in [5, 5.41) is 3.03. The molecular weight excluding hydrogens is 250 g/mol. The van der Waals surface area contributed by atoms with Crippen LogP contribution in [0.3, 0.4) is 0 Å². The van der Waals surface area contributed by atoms with E-state index in [2.05, 4.69) is 17.3 Å². The van der Waals surface area contributed by atoms with E-state index >= 15 is 0 Å². The number of nitrogens with two attached hydrogens (primary N) is 1. The lowest BCUT2D eigenvalue weighted by molar-refractivity contribution is -0.121. The van der Waals surface area contributed by atoms with Crippen molar-refractivity contribution in [2.45, 2.75) is 37.8 Å². The van der Waals surface area contributed by atoms with Gasteiger partial charge in [-0.1, -0.05) is 30.3 Å². The highest BCUT2D eigenvalue weighted by atomic mass is 16.1. The largest absolute Gasteiger partial charge is 0.355 e. The van der Waals surface area contributed by atoms with Gasteiger partial charge in [-0.05, 0) is 38.4 Å². The Bertz CT molecular complexity index is 421. The molecule has 1 amide bonds. The summed E-state index contributed by atoms with van der Waals surface area (Å²) in [6, 6.07) is 10.4. The SMILES string of the molecule is CN1CCCC1CNC(=O)CCC(N)c1ccccc1. The Hall–Kier alpha value is -1.39. The van der Waals surface area contributed by atoms with Crippen LogP contribution < -0.4 is 11.1 Å². The molecule has 2 rings (SSSR count). The summed E-state index contributed by atoms with van der Waals surface area (Å²) in [6.45, 7) is 1.90. The molecule has 4 nitrogen and oxygen atoms in total. The van der Waals surface area contributed by atoms with E-state index in [0.717, 1.165) is 18.7 Å². The second-order valence-corrected chi connectivity index (χ2v) is 5.64. The molecule has 1 aliphatic heterocycles. The van der Waals surface area contributed by atoms with Crippen LogP contribution in [0.15, 0.2) is 30.3 Å². The molecule has 2 unspecified atom stereocenters. The second kappa shape index (κ2) is 7.41. The van der Waals surface area contributed by atoms with Crippen molar-refractivity contribution in [3.8, 4) is 0 Å². The lowest BCUT2D eigenvalue weighted by Crippen LogP contribution is -2.38. The molecule has 0 bridgehead atoms. The van der Waals surface area contributed by atoms with Gasteiger partial charge in [-0.2, -0.15) is 0 Å². The zero-order valence-corrected chi connectivity index (χ0v) is 12.2. The van der Waals surface area contributed by atoms with Crippen LogP contribution in [0, 0.1) is 0 Å². The Morgan fingerprint density at radius 3 is 2.85 bits per heavy atom. The summed E-state index contributed by atoms with van der Waals surface area (Å²) in [5.74, 6) is 0.108. The fourth-order valence-electron chi connectivity index (χ4n) is 2.71. The molecule has 110 valence electrons. The van der Waals surface area contributed by atoms with Crippen LogP contribution in [0.1, 0.15) is 37.3 Å². The third-order valence-corrected chi connectivity index (χ3v) is 4.12. The van der Waals surface area contributed by atoms with Gasteiger partial charge in [0.25, 0.3) is 0 Å². The van der Waals surface area contributed by atoms with Crippen LogP contribution in [0.4, 0.5) is 0 Å². The van der Waals surface area contributed by atoms with Gasteiger partial charge in [-0.3, -0.25) is 4.79 Å². The fourth-order valence-corrected chi connectivity index (χ4v) is 2.71. The zero-order chi connectivity index (χ0) is 14.4. The average molecular weight is 275 g/mol. The molecule has 3 N–H and O–H groups in total. The van der Waals surface area contributed by atoms with Gasteiger partial charge in [0.2, 0.25) is 5.91 Å². The summed E-state index contributed by atoms with van der Waals surface area (Å²) < 4.78 is 0. The Morgan fingerprint density at radius 2 is 2.20 bits per heavy atom. The van der Waals surface area contributed by atoms with E-state index in [0.29, 0.717) is 18.9 Å². The lowest BCUT2D eigenvalue weighted by atomic mass is 10.0. The van der Waals surface area contributed by atoms with Crippen molar-refractivity contribution >= 4 is 5.91 Å². The predicted octanol–water partition coefficient (Wildman–Crippen LogP) is 1.68. The minimum atomic E-state index is -0.0592. The number of likely N-dealkylation sites (N-methyl/N-ethyl adjacent to an activating group) is 1. The highest BCUT2D eigenvalue weighted by Crippen LogP contribution is 2.16. The number of carbonyl (C=O) groups excluding carboxylic acids is 1. The predicted molar refractivity (Wildman–Crippen MR) is 81.3 cm³/mol. The van der Waals surface area contributed by atoms with Crippen LogP contribution >= 0.6 is 0 Å². The third-order valence-electron chi connectivity index (χ3n) is 4.12. The highest BCUT2D eigenvalue weighted by Gasteiger charge is 2.21. The van der Waals surface area contributed by atoms with Gasteiger partial charge < -0.3 is 16.0 Å². The molecular formula is C16H25N3O. The number of hydrogen-bond donors (Lipinski definition) is 2. The van der Waals surface area contributed by atoms with E-state index in [1.807, 2.05) is 30.3 Å². The van der Waals surface area contributed by atoms with Crippen LogP contribution in [0.5, 0.6) is 0 Å². The van der Waals surface area contributed by atoms with Crippen molar-refractivity contribution < 1.29 is 4.79 Å². The van der Waals surface area contributed by atoms with E-state index in [-0.39, 0.29) is 11.9 Å². The molecule has 1 aromatic rings. The number of nitrogens with one attached hydrogen (secondary N) is 1. The first-order chi connectivity index (χ1) is 9.66. The molecule has 0 radical (unpaired) electrons. The van der Waals surface area contributed by atoms with E-state index in [4.69, 9.17) is 5.73 Å². The Morgan fingerprint density at radius 1 is 1.45 bits per heavy atom. The van der Waals surface area contributed by atoms with Gasteiger partial charge in [0.05, 0.1) is 0 Å². The Balaban J connectivity index is 1.67. The van der Waals surface area contributed by atoms with Crippen LogP contribution in [0.25, 0.3) is 0 Å². The van der Waals surface area contributed by atoms with Crippen LogP contribution in [-0.4, -0.2) is 37.0 Å². The Labute approximate surface area is 121 Å². The zero-order valence-electron chi connectivity index (χ0n) is 12.2.